The average Bonchev–Trinajstić information content (AvgIpc) is 3.13. The summed E-state index contributed by atoms with van der Waals surface area (Å²) in [4.78, 5) is 26.0. The summed E-state index contributed by atoms with van der Waals surface area (Å²) in [6.07, 6.45) is 1.79. The maximum Gasteiger partial charge on any atom is 0.257 e. The second-order valence-corrected chi connectivity index (χ2v) is 8.64. The number of hydrogen-bond donors (Lipinski definition) is 1. The number of halogens is 2. The Morgan fingerprint density at radius 3 is 2.31 bits per heavy atom. The molecule has 5 nitrogen and oxygen atoms in total. The third-order valence-corrected chi connectivity index (χ3v) is 5.77. The quantitative estimate of drug-likeness (QED) is 0.318. The molecule has 0 spiro atoms. The molecule has 0 unspecified atom stereocenters. The molecule has 1 amide bonds. The van der Waals surface area contributed by atoms with E-state index in [2.05, 4.69) is 26.3 Å². The van der Waals surface area contributed by atoms with Crippen molar-refractivity contribution in [1.29, 1.82) is 0 Å². The molecule has 4 rings (SSSR count). The van der Waals surface area contributed by atoms with E-state index in [1.807, 2.05) is 43.3 Å². The molecule has 1 aromatic heterocycles. The fraction of sp³-hybridized carbons (Fsp3) is 0.0800. The normalized spacial score (nSPS) is 10.7. The lowest BCUT2D eigenvalue weighted by Crippen LogP contribution is -2.17. The first-order valence-electron chi connectivity index (χ1n) is 9.90. The van der Waals surface area contributed by atoms with E-state index >= 15 is 0 Å². The highest BCUT2D eigenvalue weighted by atomic mass is 79.9. The van der Waals surface area contributed by atoms with Gasteiger partial charge in [-0.15, -0.1) is 0 Å². The average molecular weight is 509 g/mol. The fourth-order valence-corrected chi connectivity index (χ4v) is 3.79. The number of hydrogen-bond acceptors (Lipinski definition) is 3. The molecule has 1 heterocycles. The minimum atomic E-state index is -0.404. The highest BCUT2D eigenvalue weighted by Gasteiger charge is 2.20. The summed E-state index contributed by atoms with van der Waals surface area (Å²) in [6, 6.07) is 21.5. The zero-order valence-corrected chi connectivity index (χ0v) is 19.5. The topological polar surface area (TPSA) is 64.0 Å². The predicted molar refractivity (Wildman–Crippen MR) is 129 cm³/mol. The maximum atomic E-state index is 13.0. The number of amides is 1. The molecule has 0 saturated heterocycles. The first-order valence-corrected chi connectivity index (χ1v) is 11.1. The summed E-state index contributed by atoms with van der Waals surface area (Å²) >= 11 is 9.39. The Balaban J connectivity index is 1.55. The molecule has 0 fully saturated rings. The minimum Gasteiger partial charge on any atom is -0.304 e. The van der Waals surface area contributed by atoms with Crippen molar-refractivity contribution in [3.05, 3.63) is 116 Å². The molecule has 0 bridgehead atoms. The molecule has 0 atom stereocenters. The number of benzene rings is 3. The first kappa shape index (κ1) is 22.0. The van der Waals surface area contributed by atoms with Crippen molar-refractivity contribution in [2.24, 2.45) is 0 Å². The standard InChI is InChI=1S/C25H19BrClN3O2/c1-16-6-10-18(11-7-16)23(31)20-4-2-3-5-21(20)25(32)28-24-22(26)15-30(29-24)14-17-8-12-19(27)13-9-17/h2-13,15H,14H2,1H3,(H,28,29,32). The van der Waals surface area contributed by atoms with Gasteiger partial charge in [0.15, 0.2) is 11.6 Å². The van der Waals surface area contributed by atoms with Gasteiger partial charge in [-0.2, -0.15) is 5.10 Å². The summed E-state index contributed by atoms with van der Waals surface area (Å²) in [7, 11) is 0. The second-order valence-electron chi connectivity index (χ2n) is 7.34. The van der Waals surface area contributed by atoms with E-state index in [0.717, 1.165) is 11.1 Å². The third-order valence-electron chi connectivity index (χ3n) is 4.94. The van der Waals surface area contributed by atoms with Crippen LogP contribution < -0.4 is 5.32 Å². The number of anilines is 1. The van der Waals surface area contributed by atoms with Crippen molar-refractivity contribution < 1.29 is 9.59 Å². The van der Waals surface area contributed by atoms with Crippen LogP contribution in [0.25, 0.3) is 0 Å². The van der Waals surface area contributed by atoms with Crippen molar-refractivity contribution in [2.75, 3.05) is 5.32 Å². The molecule has 32 heavy (non-hydrogen) atoms. The Bertz CT molecular complexity index is 1280. The van der Waals surface area contributed by atoms with Gasteiger partial charge in [0.25, 0.3) is 5.91 Å². The summed E-state index contributed by atoms with van der Waals surface area (Å²) in [6.45, 7) is 2.48. The van der Waals surface area contributed by atoms with E-state index in [1.165, 1.54) is 0 Å². The van der Waals surface area contributed by atoms with Crippen LogP contribution in [0.4, 0.5) is 5.82 Å². The lowest BCUT2D eigenvalue weighted by molar-refractivity contribution is 0.0996. The highest BCUT2D eigenvalue weighted by Crippen LogP contribution is 2.23. The second kappa shape index (κ2) is 9.51. The Morgan fingerprint density at radius 2 is 1.62 bits per heavy atom. The SMILES string of the molecule is Cc1ccc(C(=O)c2ccccc2C(=O)Nc2nn(Cc3ccc(Cl)cc3)cc2Br)cc1. The highest BCUT2D eigenvalue weighted by molar-refractivity contribution is 9.10. The summed E-state index contributed by atoms with van der Waals surface area (Å²) in [5.74, 6) is -0.233. The third kappa shape index (κ3) is 4.98. The van der Waals surface area contributed by atoms with Gasteiger partial charge in [0.1, 0.15) is 0 Å². The molecule has 0 saturated carbocycles. The van der Waals surface area contributed by atoms with Crippen molar-refractivity contribution in [1.82, 2.24) is 9.78 Å². The molecule has 3 aromatic carbocycles. The van der Waals surface area contributed by atoms with Crippen molar-refractivity contribution in [2.45, 2.75) is 13.5 Å². The number of carbonyl (C=O) groups excluding carboxylic acids is 2. The number of aryl methyl sites for hydroxylation is 1. The molecular weight excluding hydrogens is 490 g/mol. The maximum absolute atomic E-state index is 13.0. The van der Waals surface area contributed by atoms with Gasteiger partial charge in [-0.25, -0.2) is 0 Å². The molecule has 4 aromatic rings. The van der Waals surface area contributed by atoms with Crippen LogP contribution in [0.5, 0.6) is 0 Å². The summed E-state index contributed by atoms with van der Waals surface area (Å²) in [5.41, 5.74) is 3.25. The molecule has 160 valence electrons. The molecule has 1 N–H and O–H groups in total. The van der Waals surface area contributed by atoms with Crippen LogP contribution in [0, 0.1) is 6.92 Å². The predicted octanol–water partition coefficient (Wildman–Crippen LogP) is 6.14. The van der Waals surface area contributed by atoms with Crippen LogP contribution in [-0.4, -0.2) is 21.5 Å². The Morgan fingerprint density at radius 1 is 0.969 bits per heavy atom. The smallest absolute Gasteiger partial charge is 0.257 e. The summed E-state index contributed by atoms with van der Waals surface area (Å²) in [5, 5.41) is 7.93. The zero-order chi connectivity index (χ0) is 22.7. The van der Waals surface area contributed by atoms with Gasteiger partial charge in [0, 0.05) is 22.3 Å². The zero-order valence-electron chi connectivity index (χ0n) is 17.2. The Labute approximate surface area is 199 Å². The van der Waals surface area contributed by atoms with Gasteiger partial charge in [-0.05, 0) is 46.6 Å². The van der Waals surface area contributed by atoms with Crippen molar-refractivity contribution in [3.8, 4) is 0 Å². The number of carbonyl (C=O) groups is 2. The van der Waals surface area contributed by atoms with Crippen LogP contribution >= 0.6 is 27.5 Å². The number of nitrogens with one attached hydrogen (secondary N) is 1. The lowest BCUT2D eigenvalue weighted by Gasteiger charge is -2.09. The summed E-state index contributed by atoms with van der Waals surface area (Å²) < 4.78 is 2.36. The van der Waals surface area contributed by atoms with Crippen LogP contribution in [0.2, 0.25) is 5.02 Å². The number of nitrogens with zero attached hydrogens (tertiary/aromatic N) is 2. The minimum absolute atomic E-state index is 0.205. The van der Waals surface area contributed by atoms with E-state index in [9.17, 15) is 9.59 Å². The first-order chi connectivity index (χ1) is 15.4. The number of rotatable bonds is 6. The lowest BCUT2D eigenvalue weighted by atomic mass is 9.97. The largest absolute Gasteiger partial charge is 0.304 e. The monoisotopic (exact) mass is 507 g/mol. The van der Waals surface area contributed by atoms with Crippen LogP contribution in [-0.2, 0) is 6.54 Å². The molecule has 0 radical (unpaired) electrons. The van der Waals surface area contributed by atoms with Crippen LogP contribution in [0.1, 0.15) is 37.4 Å². The van der Waals surface area contributed by atoms with E-state index in [1.54, 1.807) is 47.3 Å². The van der Waals surface area contributed by atoms with Gasteiger partial charge in [0.2, 0.25) is 0 Å². The van der Waals surface area contributed by atoms with Gasteiger partial charge in [0.05, 0.1) is 16.6 Å². The van der Waals surface area contributed by atoms with Gasteiger partial charge in [-0.3, -0.25) is 14.3 Å². The van der Waals surface area contributed by atoms with Crippen molar-refractivity contribution >= 4 is 45.0 Å². The molecule has 0 aliphatic carbocycles. The van der Waals surface area contributed by atoms with Gasteiger partial charge >= 0.3 is 0 Å². The Hall–Kier alpha value is -3.22. The molecule has 0 aliphatic heterocycles. The van der Waals surface area contributed by atoms with Crippen molar-refractivity contribution in [3.63, 3.8) is 0 Å². The van der Waals surface area contributed by atoms with E-state index in [0.29, 0.717) is 33.0 Å². The van der Waals surface area contributed by atoms with Gasteiger partial charge < -0.3 is 5.32 Å². The fourth-order valence-electron chi connectivity index (χ4n) is 3.25. The molecular formula is C25H19BrClN3O2. The van der Waals surface area contributed by atoms with E-state index in [4.69, 9.17) is 11.6 Å². The molecule has 7 heteroatoms. The number of aromatic nitrogens is 2. The van der Waals surface area contributed by atoms with Crippen LogP contribution in [0.3, 0.4) is 0 Å². The van der Waals surface area contributed by atoms with Gasteiger partial charge in [-0.1, -0.05) is 71.8 Å². The van der Waals surface area contributed by atoms with Crippen LogP contribution in [0.15, 0.2) is 83.5 Å². The number of ketones is 1. The Kier molecular flexibility index (Phi) is 6.53. The van der Waals surface area contributed by atoms with E-state index in [-0.39, 0.29) is 11.3 Å². The van der Waals surface area contributed by atoms with E-state index < -0.39 is 5.91 Å². The molecule has 0 aliphatic rings.